The lowest BCUT2D eigenvalue weighted by Crippen LogP contribution is -2.51. The monoisotopic (exact) mass is 527 g/mol. The Bertz CT molecular complexity index is 1180. The van der Waals surface area contributed by atoms with Gasteiger partial charge in [-0.1, -0.05) is 32.0 Å². The van der Waals surface area contributed by atoms with Crippen LogP contribution in [0.25, 0.3) is 5.69 Å². The molecule has 38 heavy (non-hydrogen) atoms. The summed E-state index contributed by atoms with van der Waals surface area (Å²) in [6.07, 6.45) is -0.142. The Morgan fingerprint density at radius 1 is 0.947 bits per heavy atom. The molecule has 4 atom stereocenters. The molecule has 2 aromatic rings. The van der Waals surface area contributed by atoms with Crippen LogP contribution in [0.2, 0.25) is 0 Å². The van der Waals surface area contributed by atoms with Crippen molar-refractivity contribution < 1.29 is 24.3 Å². The molecule has 1 heterocycles. The van der Waals surface area contributed by atoms with Crippen molar-refractivity contribution >= 4 is 23.4 Å². The average Bonchev–Trinajstić information content (AvgIpc) is 2.89. The zero-order valence-corrected chi connectivity index (χ0v) is 21.9. The van der Waals surface area contributed by atoms with Gasteiger partial charge in [-0.2, -0.15) is 0 Å². The van der Waals surface area contributed by atoms with E-state index in [1.165, 1.54) is 29.8 Å². The zero-order valence-electron chi connectivity index (χ0n) is 21.9. The molecule has 11 heteroatoms. The van der Waals surface area contributed by atoms with Crippen molar-refractivity contribution in [1.29, 1.82) is 0 Å². The Labute approximate surface area is 221 Å². The summed E-state index contributed by atoms with van der Waals surface area (Å²) in [6.45, 7) is 4.67. The Morgan fingerprint density at radius 3 is 2.16 bits per heavy atom. The molecule has 2 amide bonds. The molecule has 0 radical (unpaired) electrons. The van der Waals surface area contributed by atoms with Crippen LogP contribution in [-0.4, -0.2) is 64.3 Å². The largest absolute Gasteiger partial charge is 0.393 e. The highest BCUT2D eigenvalue weighted by molar-refractivity contribution is 5.99. The number of benzene rings is 1. The Hall–Kier alpha value is -3.67. The van der Waals surface area contributed by atoms with E-state index in [0.29, 0.717) is 5.69 Å². The second-order valence-electron chi connectivity index (χ2n) is 9.44. The number of nitrogens with two attached hydrogens (primary N) is 2. The summed E-state index contributed by atoms with van der Waals surface area (Å²) in [7, 11) is 0. The lowest BCUT2D eigenvalue weighted by Gasteiger charge is -2.25. The van der Waals surface area contributed by atoms with Crippen LogP contribution in [0.3, 0.4) is 0 Å². The van der Waals surface area contributed by atoms with Crippen molar-refractivity contribution in [3.63, 3.8) is 0 Å². The van der Waals surface area contributed by atoms with Gasteiger partial charge in [0.2, 0.25) is 5.91 Å². The van der Waals surface area contributed by atoms with Gasteiger partial charge in [-0.05, 0) is 38.1 Å². The van der Waals surface area contributed by atoms with Crippen LogP contribution in [0, 0.1) is 11.8 Å². The fourth-order valence-corrected chi connectivity index (χ4v) is 3.90. The summed E-state index contributed by atoms with van der Waals surface area (Å²) < 4.78 is 1.31. The minimum atomic E-state index is -1.21. The van der Waals surface area contributed by atoms with Crippen LogP contribution in [0.1, 0.15) is 44.0 Å². The van der Waals surface area contributed by atoms with Crippen molar-refractivity contribution in [3.05, 3.63) is 64.6 Å². The molecular formula is C27H37N5O6. The second kappa shape index (κ2) is 14.3. The number of aliphatic hydroxyl groups is 1. The number of ketones is 2. The summed E-state index contributed by atoms with van der Waals surface area (Å²) in [5, 5.41) is 15.4. The van der Waals surface area contributed by atoms with Crippen molar-refractivity contribution in [2.45, 2.75) is 51.8 Å². The highest BCUT2D eigenvalue weighted by Crippen LogP contribution is 2.15. The molecule has 0 aliphatic heterocycles. The molecule has 2 rings (SSSR count). The van der Waals surface area contributed by atoms with Gasteiger partial charge in [0.05, 0.1) is 29.7 Å². The molecule has 0 bridgehead atoms. The molecule has 0 aliphatic rings. The predicted octanol–water partition coefficient (Wildman–Crippen LogP) is -0.0905. The van der Waals surface area contributed by atoms with Crippen LogP contribution < -0.4 is 27.7 Å². The number of pyridine rings is 1. The number of nitrogens with one attached hydrogen (secondary N) is 2. The molecule has 0 saturated heterocycles. The van der Waals surface area contributed by atoms with Gasteiger partial charge in [-0.3, -0.25) is 28.5 Å². The second-order valence-corrected chi connectivity index (χ2v) is 9.44. The maximum Gasteiger partial charge on any atom is 0.255 e. The lowest BCUT2D eigenvalue weighted by molar-refractivity contribution is -0.136. The van der Waals surface area contributed by atoms with E-state index in [-0.39, 0.29) is 42.3 Å². The number of Topliss-reactive ketones (excluding diaryl/α,β-unsaturated/α-hetero) is 2. The molecule has 206 valence electrons. The maximum atomic E-state index is 13.2. The van der Waals surface area contributed by atoms with Crippen LogP contribution in [-0.2, 0) is 14.4 Å². The summed E-state index contributed by atoms with van der Waals surface area (Å²) in [6, 6.07) is 9.37. The standard InChI is InChI=1S/C27H37N5O6/c1-16(2)25(36)22(14-29)31-27(38)20(17(3)33)13-23(34)21(11-12-28)30-26(37)18-9-10-24(35)32(15-18)19-7-5-4-6-8-19/h4-10,15-17,20-22,33H,11-14,28-29H2,1-3H3,(H,30,37)(H,31,38)/t17?,20-,21-,22-/m0/s1. The fourth-order valence-electron chi connectivity index (χ4n) is 3.90. The Kier molecular flexibility index (Phi) is 11.5. The maximum absolute atomic E-state index is 13.2. The minimum absolute atomic E-state index is 0.0733. The Balaban J connectivity index is 2.19. The summed E-state index contributed by atoms with van der Waals surface area (Å²) in [5.74, 6) is -3.61. The van der Waals surface area contributed by atoms with E-state index in [4.69, 9.17) is 11.5 Å². The van der Waals surface area contributed by atoms with Gasteiger partial charge in [0.25, 0.3) is 11.5 Å². The number of nitrogens with zero attached hydrogens (tertiary/aromatic N) is 1. The molecule has 0 spiro atoms. The average molecular weight is 528 g/mol. The van der Waals surface area contributed by atoms with Gasteiger partial charge in [-0.25, -0.2) is 0 Å². The smallest absolute Gasteiger partial charge is 0.255 e. The third-order valence-corrected chi connectivity index (χ3v) is 6.16. The number of carbonyl (C=O) groups is 4. The number of hydrogen-bond donors (Lipinski definition) is 5. The lowest BCUT2D eigenvalue weighted by atomic mass is 9.91. The molecule has 0 fully saturated rings. The number of aromatic nitrogens is 1. The summed E-state index contributed by atoms with van der Waals surface area (Å²) in [5.41, 5.74) is 11.7. The van der Waals surface area contributed by atoms with Gasteiger partial charge in [-0.15, -0.1) is 0 Å². The first-order chi connectivity index (χ1) is 18.0. The van der Waals surface area contributed by atoms with E-state index in [0.717, 1.165) is 0 Å². The number of rotatable bonds is 14. The van der Waals surface area contributed by atoms with Crippen molar-refractivity contribution in [2.24, 2.45) is 23.3 Å². The van der Waals surface area contributed by atoms with E-state index in [9.17, 15) is 29.1 Å². The van der Waals surface area contributed by atoms with Gasteiger partial charge in [0.1, 0.15) is 0 Å². The first kappa shape index (κ1) is 30.6. The van der Waals surface area contributed by atoms with Gasteiger partial charge in [0.15, 0.2) is 11.6 Å². The van der Waals surface area contributed by atoms with Crippen LogP contribution in [0.4, 0.5) is 0 Å². The van der Waals surface area contributed by atoms with E-state index in [1.807, 2.05) is 0 Å². The van der Waals surface area contributed by atoms with Crippen LogP contribution in [0.15, 0.2) is 53.5 Å². The number of para-hydroxylation sites is 1. The highest BCUT2D eigenvalue weighted by atomic mass is 16.3. The normalized spacial score (nSPS) is 14.3. The molecule has 1 aromatic carbocycles. The highest BCUT2D eigenvalue weighted by Gasteiger charge is 2.33. The zero-order chi connectivity index (χ0) is 28.4. The minimum Gasteiger partial charge on any atom is -0.393 e. The number of amides is 2. The third kappa shape index (κ3) is 8.17. The molecule has 0 saturated carbocycles. The topological polar surface area (TPSA) is 187 Å². The summed E-state index contributed by atoms with van der Waals surface area (Å²) in [4.78, 5) is 63.7. The molecule has 7 N–H and O–H groups in total. The quantitative estimate of drug-likeness (QED) is 0.225. The summed E-state index contributed by atoms with van der Waals surface area (Å²) >= 11 is 0. The SMILES string of the molecule is CC(C)C(=O)[C@H](CN)NC(=O)[C@@H](CC(=O)[C@H](CCN)NC(=O)c1ccc(=O)n(-c2ccccc2)c1)C(C)O. The van der Waals surface area contributed by atoms with Crippen molar-refractivity contribution in [3.8, 4) is 5.69 Å². The fraction of sp³-hybridized carbons (Fsp3) is 0.444. The molecule has 11 nitrogen and oxygen atoms in total. The van der Waals surface area contributed by atoms with Crippen LogP contribution >= 0.6 is 0 Å². The van der Waals surface area contributed by atoms with E-state index in [2.05, 4.69) is 10.6 Å². The number of aliphatic hydroxyl groups excluding tert-OH is 1. The molecule has 1 aromatic heterocycles. The third-order valence-electron chi connectivity index (χ3n) is 6.16. The first-order valence-corrected chi connectivity index (χ1v) is 12.5. The van der Waals surface area contributed by atoms with Gasteiger partial charge >= 0.3 is 0 Å². The van der Waals surface area contributed by atoms with E-state index >= 15 is 0 Å². The number of carbonyl (C=O) groups excluding carboxylic acids is 4. The molecule has 1 unspecified atom stereocenters. The first-order valence-electron chi connectivity index (χ1n) is 12.5. The predicted molar refractivity (Wildman–Crippen MR) is 143 cm³/mol. The van der Waals surface area contributed by atoms with Gasteiger partial charge < -0.3 is 27.2 Å². The van der Waals surface area contributed by atoms with Crippen molar-refractivity contribution in [2.75, 3.05) is 13.1 Å². The molecule has 0 aliphatic carbocycles. The van der Waals surface area contributed by atoms with Crippen LogP contribution in [0.5, 0.6) is 0 Å². The molecular weight excluding hydrogens is 490 g/mol. The van der Waals surface area contributed by atoms with E-state index < -0.39 is 48.1 Å². The van der Waals surface area contributed by atoms with E-state index in [1.54, 1.807) is 44.2 Å². The Morgan fingerprint density at radius 2 is 1.61 bits per heavy atom. The number of hydrogen-bond acceptors (Lipinski definition) is 8. The van der Waals surface area contributed by atoms with Gasteiger partial charge in [0, 0.05) is 36.8 Å². The van der Waals surface area contributed by atoms with Crippen molar-refractivity contribution in [1.82, 2.24) is 15.2 Å².